The van der Waals surface area contributed by atoms with Crippen molar-refractivity contribution < 1.29 is 18.6 Å². The van der Waals surface area contributed by atoms with Crippen molar-refractivity contribution in [1.29, 1.82) is 0 Å². The summed E-state index contributed by atoms with van der Waals surface area (Å²) in [5.74, 6) is 1.13. The SMILES string of the molecule is COc1cc(F)ccc1NCc1cc(Cl)c(OC)c(OC)c1. The van der Waals surface area contributed by atoms with Gasteiger partial charge in [0.25, 0.3) is 0 Å². The fourth-order valence-electron chi connectivity index (χ4n) is 2.08. The fourth-order valence-corrected chi connectivity index (χ4v) is 2.39. The number of halogens is 2. The molecule has 2 rings (SSSR count). The Kier molecular flexibility index (Phi) is 5.33. The summed E-state index contributed by atoms with van der Waals surface area (Å²) in [5, 5.41) is 3.64. The van der Waals surface area contributed by atoms with E-state index >= 15 is 0 Å². The van der Waals surface area contributed by atoms with Crippen LogP contribution in [0.2, 0.25) is 5.02 Å². The minimum atomic E-state index is -0.350. The van der Waals surface area contributed by atoms with Gasteiger partial charge in [-0.2, -0.15) is 0 Å². The topological polar surface area (TPSA) is 39.7 Å². The average Bonchev–Trinajstić information content (AvgIpc) is 2.52. The maximum absolute atomic E-state index is 13.2. The van der Waals surface area contributed by atoms with Crippen LogP contribution in [0, 0.1) is 5.82 Å². The molecule has 0 saturated heterocycles. The van der Waals surface area contributed by atoms with E-state index in [-0.39, 0.29) is 5.82 Å². The van der Waals surface area contributed by atoms with E-state index in [0.717, 1.165) is 5.56 Å². The molecule has 0 aliphatic carbocycles. The van der Waals surface area contributed by atoms with E-state index in [0.29, 0.717) is 34.5 Å². The molecule has 0 heterocycles. The molecule has 0 radical (unpaired) electrons. The Morgan fingerprint density at radius 3 is 2.36 bits per heavy atom. The molecule has 0 aliphatic heterocycles. The highest BCUT2D eigenvalue weighted by Crippen LogP contribution is 2.36. The number of benzene rings is 2. The van der Waals surface area contributed by atoms with Gasteiger partial charge >= 0.3 is 0 Å². The molecule has 22 heavy (non-hydrogen) atoms. The lowest BCUT2D eigenvalue weighted by atomic mass is 10.2. The number of hydrogen-bond acceptors (Lipinski definition) is 4. The number of anilines is 1. The van der Waals surface area contributed by atoms with Crippen LogP contribution >= 0.6 is 11.6 Å². The molecule has 0 unspecified atom stereocenters. The first-order chi connectivity index (χ1) is 10.6. The highest BCUT2D eigenvalue weighted by Gasteiger charge is 2.11. The average molecular weight is 326 g/mol. The zero-order valence-corrected chi connectivity index (χ0v) is 13.3. The molecule has 118 valence electrons. The van der Waals surface area contributed by atoms with Crippen LogP contribution in [0.3, 0.4) is 0 Å². The van der Waals surface area contributed by atoms with Gasteiger partial charge in [0.15, 0.2) is 11.5 Å². The third-order valence-corrected chi connectivity index (χ3v) is 3.42. The quantitative estimate of drug-likeness (QED) is 0.867. The summed E-state index contributed by atoms with van der Waals surface area (Å²) in [4.78, 5) is 0. The fraction of sp³-hybridized carbons (Fsp3) is 0.250. The van der Waals surface area contributed by atoms with Crippen LogP contribution in [-0.4, -0.2) is 21.3 Å². The number of hydrogen-bond donors (Lipinski definition) is 1. The zero-order valence-electron chi connectivity index (χ0n) is 12.6. The van der Waals surface area contributed by atoms with Crippen LogP contribution in [0.25, 0.3) is 0 Å². The monoisotopic (exact) mass is 325 g/mol. The second-order valence-electron chi connectivity index (χ2n) is 4.51. The van der Waals surface area contributed by atoms with Crippen molar-refractivity contribution in [1.82, 2.24) is 0 Å². The van der Waals surface area contributed by atoms with Crippen LogP contribution in [-0.2, 0) is 6.54 Å². The molecule has 2 aromatic carbocycles. The molecule has 6 heteroatoms. The van der Waals surface area contributed by atoms with E-state index in [4.69, 9.17) is 25.8 Å². The van der Waals surface area contributed by atoms with Gasteiger partial charge in [-0.1, -0.05) is 11.6 Å². The Morgan fingerprint density at radius 2 is 1.73 bits per heavy atom. The Morgan fingerprint density at radius 1 is 1.00 bits per heavy atom. The molecule has 2 aromatic rings. The predicted octanol–water partition coefficient (Wildman–Crippen LogP) is 4.12. The highest BCUT2D eigenvalue weighted by molar-refractivity contribution is 6.32. The molecule has 0 aliphatic rings. The third kappa shape index (κ3) is 3.54. The van der Waals surface area contributed by atoms with Crippen molar-refractivity contribution in [3.8, 4) is 17.2 Å². The number of rotatable bonds is 6. The van der Waals surface area contributed by atoms with Crippen LogP contribution in [0.15, 0.2) is 30.3 Å². The first-order valence-electron chi connectivity index (χ1n) is 6.56. The smallest absolute Gasteiger partial charge is 0.179 e. The van der Waals surface area contributed by atoms with Crippen molar-refractivity contribution in [2.75, 3.05) is 26.6 Å². The molecule has 0 atom stereocenters. The molecule has 0 saturated carbocycles. The largest absolute Gasteiger partial charge is 0.494 e. The van der Waals surface area contributed by atoms with E-state index in [2.05, 4.69) is 5.32 Å². The molecular weight excluding hydrogens is 309 g/mol. The van der Waals surface area contributed by atoms with Gasteiger partial charge in [-0.15, -0.1) is 0 Å². The molecular formula is C16H17ClFNO3. The molecule has 4 nitrogen and oxygen atoms in total. The van der Waals surface area contributed by atoms with Crippen molar-refractivity contribution in [3.63, 3.8) is 0 Å². The van der Waals surface area contributed by atoms with Gasteiger partial charge in [0.2, 0.25) is 0 Å². The van der Waals surface area contributed by atoms with Gasteiger partial charge in [0, 0.05) is 12.6 Å². The Labute approximate surface area is 133 Å². The van der Waals surface area contributed by atoms with Crippen LogP contribution in [0.1, 0.15) is 5.56 Å². The molecule has 1 N–H and O–H groups in total. The van der Waals surface area contributed by atoms with E-state index < -0.39 is 0 Å². The van der Waals surface area contributed by atoms with E-state index in [1.54, 1.807) is 19.2 Å². The molecule has 0 fully saturated rings. The van der Waals surface area contributed by atoms with Gasteiger partial charge < -0.3 is 19.5 Å². The summed E-state index contributed by atoms with van der Waals surface area (Å²) >= 11 is 6.17. The van der Waals surface area contributed by atoms with Crippen molar-refractivity contribution in [3.05, 3.63) is 46.7 Å². The van der Waals surface area contributed by atoms with E-state index in [9.17, 15) is 4.39 Å². The molecule has 0 amide bonds. The first-order valence-corrected chi connectivity index (χ1v) is 6.94. The van der Waals surface area contributed by atoms with Crippen LogP contribution in [0.4, 0.5) is 10.1 Å². The molecule has 0 spiro atoms. The summed E-state index contributed by atoms with van der Waals surface area (Å²) in [6.07, 6.45) is 0. The summed E-state index contributed by atoms with van der Waals surface area (Å²) in [7, 11) is 4.58. The predicted molar refractivity (Wildman–Crippen MR) is 84.8 cm³/mol. The van der Waals surface area contributed by atoms with Gasteiger partial charge in [-0.3, -0.25) is 0 Å². The number of nitrogens with one attached hydrogen (secondary N) is 1. The molecule has 0 aromatic heterocycles. The lowest BCUT2D eigenvalue weighted by Gasteiger charge is -2.14. The second kappa shape index (κ2) is 7.22. The maximum atomic E-state index is 13.2. The van der Waals surface area contributed by atoms with E-state index in [1.165, 1.54) is 26.4 Å². The Bertz CT molecular complexity index is 664. The highest BCUT2D eigenvalue weighted by atomic mass is 35.5. The standard InChI is InChI=1S/C16H17ClFNO3/c1-20-14-8-11(18)4-5-13(14)19-9-10-6-12(17)16(22-3)15(7-10)21-2/h4-8,19H,9H2,1-3H3. The Hall–Kier alpha value is -2.14. The molecule has 0 bridgehead atoms. The van der Waals surface area contributed by atoms with Gasteiger partial charge in [0.1, 0.15) is 11.6 Å². The number of ether oxygens (including phenoxy) is 3. The van der Waals surface area contributed by atoms with Crippen molar-refractivity contribution >= 4 is 17.3 Å². The first kappa shape index (κ1) is 16.2. The second-order valence-corrected chi connectivity index (χ2v) is 4.92. The van der Waals surface area contributed by atoms with Crippen LogP contribution < -0.4 is 19.5 Å². The number of methoxy groups -OCH3 is 3. The normalized spacial score (nSPS) is 10.2. The van der Waals surface area contributed by atoms with Gasteiger partial charge in [-0.25, -0.2) is 4.39 Å². The van der Waals surface area contributed by atoms with Gasteiger partial charge in [-0.05, 0) is 29.8 Å². The van der Waals surface area contributed by atoms with E-state index in [1.807, 2.05) is 6.07 Å². The van der Waals surface area contributed by atoms with Crippen molar-refractivity contribution in [2.24, 2.45) is 0 Å². The lowest BCUT2D eigenvalue weighted by Crippen LogP contribution is -2.03. The third-order valence-electron chi connectivity index (χ3n) is 3.14. The summed E-state index contributed by atoms with van der Waals surface area (Å²) in [6.45, 7) is 0.474. The van der Waals surface area contributed by atoms with Gasteiger partial charge in [0.05, 0.1) is 32.0 Å². The minimum Gasteiger partial charge on any atom is -0.494 e. The van der Waals surface area contributed by atoms with Crippen LogP contribution in [0.5, 0.6) is 17.2 Å². The lowest BCUT2D eigenvalue weighted by molar-refractivity contribution is 0.355. The van der Waals surface area contributed by atoms with Crippen molar-refractivity contribution in [2.45, 2.75) is 6.54 Å². The maximum Gasteiger partial charge on any atom is 0.179 e. The summed E-state index contributed by atoms with van der Waals surface area (Å²) in [5.41, 5.74) is 1.59. The Balaban J connectivity index is 2.20. The minimum absolute atomic E-state index is 0.350. The summed E-state index contributed by atoms with van der Waals surface area (Å²) < 4.78 is 28.8. The zero-order chi connectivity index (χ0) is 16.1. The summed E-state index contributed by atoms with van der Waals surface area (Å²) in [6, 6.07) is 7.92.